The second kappa shape index (κ2) is 62.0. The van der Waals surface area contributed by atoms with Crippen LogP contribution in [0.1, 0.15) is 303 Å². The van der Waals surface area contributed by atoms with Crippen molar-refractivity contribution in [2.45, 2.75) is 315 Å². The Labute approximate surface area is 513 Å². The maximum absolute atomic E-state index is 13.6. The molecule has 83 heavy (non-hydrogen) atoms. The van der Waals surface area contributed by atoms with Crippen LogP contribution in [0, 0.1) is 0 Å². The first kappa shape index (κ1) is 79.9. The van der Waals surface area contributed by atoms with E-state index in [0.29, 0.717) is 23.9 Å². The Kier molecular flexibility index (Phi) is 59.7. The molecule has 0 saturated carbocycles. The van der Waals surface area contributed by atoms with Crippen molar-refractivity contribution in [1.82, 2.24) is 5.32 Å². The number of unbranched alkanes of at least 4 members (excludes halogenated alkanes) is 32. The van der Waals surface area contributed by atoms with E-state index in [2.05, 4.69) is 111 Å². The normalized spacial score (nSPS) is 14.2. The molecule has 0 aliphatic carbocycles. The average molecular weight is 1180 g/mol. The Hall–Kier alpha value is -3.07. The average Bonchev–Trinajstić information content (AvgIpc) is 3.51. The minimum Gasteiger partial charge on any atom is -0.456 e. The van der Waals surface area contributed by atoms with Gasteiger partial charge in [0.2, 0.25) is 5.91 Å². The summed E-state index contributed by atoms with van der Waals surface area (Å²) in [4.78, 5) is 37.8. The molecule has 0 aliphatic heterocycles. The van der Waals surface area contributed by atoms with Crippen molar-refractivity contribution in [3.63, 3.8) is 0 Å². The lowest BCUT2D eigenvalue weighted by molar-refractivity contribution is -0.870. The lowest BCUT2D eigenvalue weighted by atomic mass is 10.0. The van der Waals surface area contributed by atoms with Crippen LogP contribution in [0.5, 0.6) is 0 Å². The first-order valence-corrected chi connectivity index (χ1v) is 36.1. The first-order valence-electron chi connectivity index (χ1n) is 34.6. The third-order valence-electron chi connectivity index (χ3n) is 15.0. The summed E-state index contributed by atoms with van der Waals surface area (Å²) in [6, 6.07) is -0.871. The number of nitrogens with one attached hydrogen (secondary N) is 1. The molecule has 0 aromatic carbocycles. The van der Waals surface area contributed by atoms with Crippen molar-refractivity contribution in [3.8, 4) is 0 Å². The number of allylic oxidation sites excluding steroid dienone is 15. The van der Waals surface area contributed by atoms with Crippen molar-refractivity contribution in [3.05, 3.63) is 97.2 Å². The molecule has 0 aromatic heterocycles. The topological polar surface area (TPSA) is 111 Å². The quantitative estimate of drug-likeness (QED) is 0.0205. The van der Waals surface area contributed by atoms with Crippen LogP contribution in [0.2, 0.25) is 0 Å². The third kappa shape index (κ3) is 63.3. The Morgan fingerprint density at radius 1 is 0.434 bits per heavy atom. The van der Waals surface area contributed by atoms with E-state index in [4.69, 9.17) is 13.8 Å². The number of ether oxygens (including phenoxy) is 1. The highest BCUT2D eigenvalue weighted by atomic mass is 31.2. The maximum Gasteiger partial charge on any atom is 0.472 e. The fraction of sp³-hybridized carbons (Fsp3) is 0.753. The zero-order valence-electron chi connectivity index (χ0n) is 54.9. The summed E-state index contributed by atoms with van der Waals surface area (Å²) in [5.74, 6) is -0.553. The van der Waals surface area contributed by atoms with Gasteiger partial charge in [-0.05, 0) is 109 Å². The summed E-state index contributed by atoms with van der Waals surface area (Å²) in [6.45, 7) is 6.88. The van der Waals surface area contributed by atoms with Crippen molar-refractivity contribution in [2.24, 2.45) is 0 Å². The van der Waals surface area contributed by atoms with Crippen LogP contribution in [0.15, 0.2) is 97.2 Å². The van der Waals surface area contributed by atoms with E-state index in [1.807, 2.05) is 33.3 Å². The molecule has 0 fully saturated rings. The van der Waals surface area contributed by atoms with E-state index in [9.17, 15) is 19.0 Å². The van der Waals surface area contributed by atoms with E-state index in [0.717, 1.165) is 89.9 Å². The predicted molar refractivity (Wildman–Crippen MR) is 360 cm³/mol. The maximum atomic E-state index is 13.6. The highest BCUT2D eigenvalue weighted by molar-refractivity contribution is 7.47. The number of phosphoric acid groups is 1. The van der Waals surface area contributed by atoms with Gasteiger partial charge in [-0.3, -0.25) is 18.6 Å². The van der Waals surface area contributed by atoms with Crippen molar-refractivity contribution >= 4 is 19.7 Å². The number of phosphoric ester groups is 1. The Morgan fingerprint density at radius 3 is 1.18 bits per heavy atom. The third-order valence-corrected chi connectivity index (χ3v) is 16.0. The number of quaternary nitrogens is 1. The van der Waals surface area contributed by atoms with E-state index in [1.54, 1.807) is 0 Å². The fourth-order valence-corrected chi connectivity index (χ4v) is 10.4. The van der Waals surface area contributed by atoms with Gasteiger partial charge in [-0.25, -0.2) is 4.57 Å². The van der Waals surface area contributed by atoms with Crippen LogP contribution in [0.4, 0.5) is 0 Å². The molecule has 0 rings (SSSR count). The summed E-state index contributed by atoms with van der Waals surface area (Å²) >= 11 is 0. The Balaban J connectivity index is 5.12. The lowest BCUT2D eigenvalue weighted by Crippen LogP contribution is -2.47. The summed E-state index contributed by atoms with van der Waals surface area (Å²) in [6.07, 6.45) is 84.3. The summed E-state index contributed by atoms with van der Waals surface area (Å²) in [7, 11) is 1.47. The number of hydrogen-bond acceptors (Lipinski definition) is 6. The van der Waals surface area contributed by atoms with Crippen molar-refractivity contribution < 1.29 is 37.3 Å². The number of rotatable bonds is 62. The van der Waals surface area contributed by atoms with Gasteiger partial charge in [0.25, 0.3) is 0 Å². The highest BCUT2D eigenvalue weighted by Gasteiger charge is 2.30. The van der Waals surface area contributed by atoms with Gasteiger partial charge in [-0.15, -0.1) is 0 Å². The van der Waals surface area contributed by atoms with Crippen LogP contribution in [-0.2, 0) is 27.9 Å². The number of likely N-dealkylation sites (N-methyl/N-ethyl adjacent to an activating group) is 1. The second-order valence-corrected chi connectivity index (χ2v) is 25.8. The van der Waals surface area contributed by atoms with Crippen LogP contribution in [-0.4, -0.2) is 74.3 Å². The van der Waals surface area contributed by atoms with Gasteiger partial charge in [0.15, 0.2) is 0 Å². The summed E-state index contributed by atoms with van der Waals surface area (Å²) < 4.78 is 30.7. The van der Waals surface area contributed by atoms with Gasteiger partial charge in [0.05, 0.1) is 33.8 Å². The Morgan fingerprint density at radius 2 is 0.771 bits per heavy atom. The molecular weight excluding hydrogens is 1050 g/mol. The molecule has 0 bridgehead atoms. The smallest absolute Gasteiger partial charge is 0.456 e. The van der Waals surface area contributed by atoms with E-state index < -0.39 is 20.0 Å². The highest BCUT2D eigenvalue weighted by Crippen LogP contribution is 2.43. The van der Waals surface area contributed by atoms with Gasteiger partial charge in [0, 0.05) is 12.8 Å². The van der Waals surface area contributed by atoms with Crippen molar-refractivity contribution in [2.75, 3.05) is 40.9 Å². The van der Waals surface area contributed by atoms with Crippen LogP contribution in [0.3, 0.4) is 0 Å². The molecule has 1 amide bonds. The second-order valence-electron chi connectivity index (χ2n) is 24.3. The zero-order valence-corrected chi connectivity index (χ0v) is 55.8. The summed E-state index contributed by atoms with van der Waals surface area (Å²) in [5, 5.41) is 3.05. The van der Waals surface area contributed by atoms with Crippen molar-refractivity contribution in [1.29, 1.82) is 0 Å². The molecule has 10 heteroatoms. The fourth-order valence-electron chi connectivity index (χ4n) is 9.70. The van der Waals surface area contributed by atoms with E-state index in [-0.39, 0.29) is 31.5 Å². The molecule has 2 N–H and O–H groups in total. The van der Waals surface area contributed by atoms with Crippen LogP contribution >= 0.6 is 7.82 Å². The predicted octanol–water partition coefficient (Wildman–Crippen LogP) is 21.9. The number of carbonyl (C=O) groups excluding carboxylic acids is 2. The lowest BCUT2D eigenvalue weighted by Gasteiger charge is -2.27. The Bertz CT molecular complexity index is 1740. The van der Waals surface area contributed by atoms with Crippen LogP contribution in [0.25, 0.3) is 0 Å². The van der Waals surface area contributed by atoms with Gasteiger partial charge in [-0.2, -0.15) is 0 Å². The standard InChI is InChI=1S/C73H131N2O7P/c1-7-10-13-16-19-22-25-27-29-31-33-35-36-37-38-40-41-43-45-47-50-53-56-59-62-65-72(76)74-70(69-81-83(78,79)80-68-67-75(4,5)6)71(64-61-58-55-52-49-24-21-18-15-12-9-3)82-73(77)66-63-60-57-54-51-48-46-44-42-39-34-32-30-28-26-23-20-17-14-11-8-2/h11,14,20,23,27-30,34,39,44,46,51,54,61,64,70-71H,7-10,12-13,15-19,21-22,24-26,31-33,35-38,40-43,45,47-50,52-53,55-60,62-63,65-69H2,1-6H3,(H-,74,76,78,79)/p+1/b14-11-,23-20-,29-27+,30-28-,39-34-,46-44-,54-51-,64-61-. The summed E-state index contributed by atoms with van der Waals surface area (Å²) in [5.41, 5.74) is 0. The number of hydrogen-bond donors (Lipinski definition) is 2. The molecule has 3 unspecified atom stereocenters. The van der Waals surface area contributed by atoms with E-state index >= 15 is 0 Å². The molecule has 0 saturated heterocycles. The zero-order chi connectivity index (χ0) is 60.7. The molecule has 9 nitrogen and oxygen atoms in total. The first-order chi connectivity index (χ1) is 40.4. The SMILES string of the molecule is CC/C=C\C/C=C\C/C=C\C/C=C\C/C=C\C/C=C\CCCCC(=O)OC(/C=C\CCCCCCCCCCC)C(COP(=O)(O)OCC[N+](C)(C)C)NC(=O)CCCCCCCCCCCCCCCCC/C=C/CCCCCCCC. The molecule has 480 valence electrons. The number of amides is 1. The molecule has 3 atom stereocenters. The molecular formula is C73H132N2O7P+. The minimum atomic E-state index is -4.47. The van der Waals surface area contributed by atoms with Gasteiger partial charge in [0.1, 0.15) is 19.3 Å². The molecule has 0 aliphatic rings. The number of carbonyl (C=O) groups is 2. The molecule has 0 radical (unpaired) electrons. The number of esters is 1. The van der Waals surface area contributed by atoms with Crippen LogP contribution < -0.4 is 5.32 Å². The van der Waals surface area contributed by atoms with E-state index in [1.165, 1.54) is 173 Å². The molecule has 0 aromatic rings. The van der Waals surface area contributed by atoms with Gasteiger partial charge in [-0.1, -0.05) is 279 Å². The largest absolute Gasteiger partial charge is 0.472 e. The minimum absolute atomic E-state index is 0.0298. The van der Waals surface area contributed by atoms with Gasteiger partial charge >= 0.3 is 13.8 Å². The monoisotopic (exact) mass is 1180 g/mol. The molecule has 0 heterocycles. The number of nitrogens with zero attached hydrogens (tertiary/aromatic N) is 1. The molecule has 0 spiro atoms. The van der Waals surface area contributed by atoms with Gasteiger partial charge < -0.3 is 19.4 Å².